The van der Waals surface area contributed by atoms with E-state index in [0.717, 1.165) is 44.7 Å². The number of aromatic nitrogens is 2. The maximum atomic E-state index is 6.03. The summed E-state index contributed by atoms with van der Waals surface area (Å²) in [5, 5.41) is 0. The van der Waals surface area contributed by atoms with Crippen molar-refractivity contribution in [3.05, 3.63) is 17.1 Å². The van der Waals surface area contributed by atoms with Crippen LogP contribution in [0.2, 0.25) is 0 Å². The summed E-state index contributed by atoms with van der Waals surface area (Å²) < 4.78 is 5.39. The van der Waals surface area contributed by atoms with Gasteiger partial charge < -0.3 is 10.5 Å². The van der Waals surface area contributed by atoms with Crippen molar-refractivity contribution in [3.8, 4) is 0 Å². The van der Waals surface area contributed by atoms with Gasteiger partial charge in [-0.05, 0) is 38.0 Å². The number of rotatable bonds is 2. The fourth-order valence-corrected chi connectivity index (χ4v) is 2.77. The van der Waals surface area contributed by atoms with E-state index in [0.29, 0.717) is 11.7 Å². The van der Waals surface area contributed by atoms with Crippen molar-refractivity contribution in [1.82, 2.24) is 9.97 Å². The van der Waals surface area contributed by atoms with Crippen LogP contribution in [0.5, 0.6) is 0 Å². The van der Waals surface area contributed by atoms with E-state index in [1.54, 1.807) is 0 Å². The van der Waals surface area contributed by atoms with Gasteiger partial charge in [-0.2, -0.15) is 0 Å². The summed E-state index contributed by atoms with van der Waals surface area (Å²) in [5.41, 5.74) is 8.42. The van der Waals surface area contributed by atoms with E-state index in [4.69, 9.17) is 15.5 Å². The van der Waals surface area contributed by atoms with Crippen molar-refractivity contribution < 1.29 is 4.74 Å². The van der Waals surface area contributed by atoms with Crippen molar-refractivity contribution in [3.63, 3.8) is 0 Å². The highest BCUT2D eigenvalue weighted by Crippen LogP contribution is 2.25. The van der Waals surface area contributed by atoms with Gasteiger partial charge in [0.1, 0.15) is 11.6 Å². The molecule has 1 aliphatic heterocycles. The maximum Gasteiger partial charge on any atom is 0.131 e. The highest BCUT2D eigenvalue weighted by atomic mass is 16.5. The first-order valence-electron chi connectivity index (χ1n) is 6.55. The fraction of sp³-hybridized carbons (Fsp3) is 0.692. The average molecular weight is 233 g/mol. The topological polar surface area (TPSA) is 61.0 Å². The highest BCUT2D eigenvalue weighted by Gasteiger charge is 2.20. The van der Waals surface area contributed by atoms with Crippen LogP contribution in [0.15, 0.2) is 0 Å². The third-order valence-electron chi connectivity index (χ3n) is 3.76. The van der Waals surface area contributed by atoms with E-state index < -0.39 is 0 Å². The normalized spacial score (nSPS) is 23.6. The molecule has 1 atom stereocenters. The summed E-state index contributed by atoms with van der Waals surface area (Å²) in [6.07, 6.45) is 6.61. The number of nitrogen functional groups attached to an aromatic ring is 1. The molecule has 4 heteroatoms. The Morgan fingerprint density at radius 3 is 2.94 bits per heavy atom. The van der Waals surface area contributed by atoms with Crippen LogP contribution in [-0.4, -0.2) is 23.2 Å². The van der Waals surface area contributed by atoms with E-state index in [-0.39, 0.29) is 0 Å². The lowest BCUT2D eigenvalue weighted by Crippen LogP contribution is -2.15. The van der Waals surface area contributed by atoms with Crippen LogP contribution in [0.1, 0.15) is 36.3 Å². The van der Waals surface area contributed by atoms with Crippen molar-refractivity contribution in [1.29, 1.82) is 0 Å². The Labute approximate surface area is 102 Å². The molecule has 1 aliphatic carbocycles. The van der Waals surface area contributed by atoms with Gasteiger partial charge in [0, 0.05) is 30.9 Å². The van der Waals surface area contributed by atoms with Gasteiger partial charge in [0.15, 0.2) is 0 Å². The van der Waals surface area contributed by atoms with Crippen LogP contribution in [0.3, 0.4) is 0 Å². The first-order valence-corrected chi connectivity index (χ1v) is 6.55. The molecule has 1 saturated heterocycles. The van der Waals surface area contributed by atoms with Gasteiger partial charge >= 0.3 is 0 Å². The number of ether oxygens (including phenoxy) is 1. The maximum absolute atomic E-state index is 6.03. The molecule has 2 heterocycles. The second-order valence-electron chi connectivity index (χ2n) is 5.09. The van der Waals surface area contributed by atoms with E-state index >= 15 is 0 Å². The number of anilines is 1. The summed E-state index contributed by atoms with van der Waals surface area (Å²) >= 11 is 0. The van der Waals surface area contributed by atoms with Crippen LogP contribution >= 0.6 is 0 Å². The molecule has 1 aromatic heterocycles. The molecule has 1 fully saturated rings. The zero-order valence-electron chi connectivity index (χ0n) is 10.1. The molecule has 0 saturated carbocycles. The molecule has 92 valence electrons. The first-order chi connectivity index (χ1) is 8.33. The Bertz CT molecular complexity index is 413. The summed E-state index contributed by atoms with van der Waals surface area (Å²) in [4.78, 5) is 9.15. The lowest BCUT2D eigenvalue weighted by molar-refractivity contribution is 0.185. The molecule has 0 radical (unpaired) electrons. The molecule has 2 aliphatic rings. The van der Waals surface area contributed by atoms with E-state index in [2.05, 4.69) is 4.98 Å². The Morgan fingerprint density at radius 2 is 2.12 bits per heavy atom. The van der Waals surface area contributed by atoms with E-state index in [1.165, 1.54) is 24.1 Å². The SMILES string of the molecule is Nc1nc(CC2CCOC2)nc2c1CCCC2. The number of nitrogens with zero attached hydrogens (tertiary/aromatic N) is 2. The number of nitrogens with two attached hydrogens (primary N) is 1. The molecular weight excluding hydrogens is 214 g/mol. The Morgan fingerprint density at radius 1 is 1.24 bits per heavy atom. The fourth-order valence-electron chi connectivity index (χ4n) is 2.77. The largest absolute Gasteiger partial charge is 0.383 e. The number of fused-ring (bicyclic) bond motifs is 1. The molecular formula is C13H19N3O. The molecule has 3 rings (SSSR count). The number of aryl methyl sites for hydroxylation is 1. The quantitative estimate of drug-likeness (QED) is 0.841. The van der Waals surface area contributed by atoms with Crippen molar-refractivity contribution in [2.75, 3.05) is 18.9 Å². The smallest absolute Gasteiger partial charge is 0.131 e. The van der Waals surface area contributed by atoms with Gasteiger partial charge in [0.2, 0.25) is 0 Å². The van der Waals surface area contributed by atoms with Crippen molar-refractivity contribution >= 4 is 5.82 Å². The predicted molar refractivity (Wildman–Crippen MR) is 65.7 cm³/mol. The van der Waals surface area contributed by atoms with Gasteiger partial charge in [0.05, 0.1) is 0 Å². The summed E-state index contributed by atoms with van der Waals surface area (Å²) in [6, 6.07) is 0. The zero-order chi connectivity index (χ0) is 11.7. The second-order valence-corrected chi connectivity index (χ2v) is 5.09. The number of hydrogen-bond acceptors (Lipinski definition) is 4. The van der Waals surface area contributed by atoms with Crippen LogP contribution in [0.4, 0.5) is 5.82 Å². The molecule has 1 aromatic rings. The molecule has 0 aromatic carbocycles. The van der Waals surface area contributed by atoms with Crippen molar-refractivity contribution in [2.45, 2.75) is 38.5 Å². The summed E-state index contributed by atoms with van der Waals surface area (Å²) in [7, 11) is 0. The van der Waals surface area contributed by atoms with Crippen LogP contribution in [0.25, 0.3) is 0 Å². The predicted octanol–water partition coefficient (Wildman–Crippen LogP) is 1.52. The highest BCUT2D eigenvalue weighted by molar-refractivity contribution is 5.43. The third kappa shape index (κ3) is 2.27. The summed E-state index contributed by atoms with van der Waals surface area (Å²) in [6.45, 7) is 1.73. The monoisotopic (exact) mass is 233 g/mol. The van der Waals surface area contributed by atoms with Gasteiger partial charge in [-0.1, -0.05) is 0 Å². The van der Waals surface area contributed by atoms with E-state index in [9.17, 15) is 0 Å². The Kier molecular flexibility index (Phi) is 2.97. The molecule has 1 unspecified atom stereocenters. The molecule has 2 N–H and O–H groups in total. The number of hydrogen-bond donors (Lipinski definition) is 1. The van der Waals surface area contributed by atoms with Crippen LogP contribution < -0.4 is 5.73 Å². The molecule has 4 nitrogen and oxygen atoms in total. The standard InChI is InChI=1S/C13H19N3O/c14-13-10-3-1-2-4-11(10)15-12(16-13)7-9-5-6-17-8-9/h9H,1-8H2,(H2,14,15,16). The van der Waals surface area contributed by atoms with Crippen LogP contribution in [-0.2, 0) is 24.0 Å². The minimum Gasteiger partial charge on any atom is -0.383 e. The van der Waals surface area contributed by atoms with Gasteiger partial charge in [-0.3, -0.25) is 0 Å². The van der Waals surface area contributed by atoms with Gasteiger partial charge in [0.25, 0.3) is 0 Å². The van der Waals surface area contributed by atoms with Crippen LogP contribution in [0, 0.1) is 5.92 Å². The van der Waals surface area contributed by atoms with E-state index in [1.807, 2.05) is 0 Å². The van der Waals surface area contributed by atoms with Crippen molar-refractivity contribution in [2.24, 2.45) is 5.92 Å². The zero-order valence-corrected chi connectivity index (χ0v) is 10.1. The lowest BCUT2D eigenvalue weighted by atomic mass is 9.96. The molecule has 0 spiro atoms. The minimum atomic E-state index is 0.580. The molecule has 17 heavy (non-hydrogen) atoms. The summed E-state index contributed by atoms with van der Waals surface area (Å²) in [5.74, 6) is 2.21. The minimum absolute atomic E-state index is 0.580. The Hall–Kier alpha value is -1.16. The molecule has 0 bridgehead atoms. The Balaban J connectivity index is 1.82. The average Bonchev–Trinajstić information content (AvgIpc) is 2.82. The second kappa shape index (κ2) is 4.61. The van der Waals surface area contributed by atoms with Gasteiger partial charge in [-0.15, -0.1) is 0 Å². The lowest BCUT2D eigenvalue weighted by Gasteiger charge is -2.17. The first kappa shape index (κ1) is 11.0. The molecule has 0 amide bonds. The third-order valence-corrected chi connectivity index (χ3v) is 3.76. The van der Waals surface area contributed by atoms with Gasteiger partial charge in [-0.25, -0.2) is 9.97 Å².